The number of carbonyl (C=O) groups is 3. The van der Waals surface area contributed by atoms with Gasteiger partial charge in [-0.2, -0.15) is 39.5 Å². The van der Waals surface area contributed by atoms with E-state index < -0.39 is 102 Å². The largest absolute Gasteiger partial charge is 0.471 e. The maximum absolute atomic E-state index is 12.8. The van der Waals surface area contributed by atoms with Crippen molar-refractivity contribution in [2.75, 3.05) is 71.6 Å². The van der Waals surface area contributed by atoms with Gasteiger partial charge in [-0.1, -0.05) is 0 Å². The molecule has 0 aromatic heterocycles. The molecule has 0 aromatic rings. The molecule has 1 heterocycles. The zero-order chi connectivity index (χ0) is 35.4. The Kier molecular flexibility index (Phi) is 16.5. The summed E-state index contributed by atoms with van der Waals surface area (Å²) in [7, 11) is -5.08. The monoisotopic (exact) mass is 715 g/mol. The van der Waals surface area contributed by atoms with Gasteiger partial charge in [-0.05, 0) is 26.6 Å². The van der Waals surface area contributed by atoms with Crippen LogP contribution < -0.4 is 5.32 Å². The Morgan fingerprint density at radius 1 is 0.778 bits per heavy atom. The summed E-state index contributed by atoms with van der Waals surface area (Å²) in [5, 5.41) is 12.8. The highest BCUT2D eigenvalue weighted by molar-refractivity contribution is 7.58. The first-order chi connectivity index (χ1) is 20.2. The van der Waals surface area contributed by atoms with Crippen molar-refractivity contribution in [2.45, 2.75) is 45.1 Å². The molecule has 1 rings (SSSR count). The molecule has 1 atom stereocenters. The van der Waals surface area contributed by atoms with Crippen LogP contribution in [0, 0.1) is 10.1 Å². The van der Waals surface area contributed by atoms with Gasteiger partial charge in [-0.3, -0.25) is 29.1 Å². The molecule has 13 nitrogen and oxygen atoms in total. The van der Waals surface area contributed by atoms with Crippen LogP contribution in [0.5, 0.6) is 0 Å². The second-order valence-electron chi connectivity index (χ2n) is 10.2. The second kappa shape index (κ2) is 17.4. The first kappa shape index (κ1) is 42.5. The third-order valence-electron chi connectivity index (χ3n) is 5.38. The SMILES string of the molecule is CCOP(=O)(CO[Si](C)(C)C)C[N+](=O)[O-].O=C(N1CCNCCN(C(=O)C(F)(F)F)CCN(C(=O)C(F)(F)F)CC1)C(F)(F)F. The molecular weight excluding hydrogens is 680 g/mol. The van der Waals surface area contributed by atoms with E-state index in [0.717, 1.165) is 0 Å². The molecule has 45 heavy (non-hydrogen) atoms. The first-order valence-corrected chi connectivity index (χ1v) is 18.4. The number of alkyl halides is 9. The standard InChI is InChI=1S/C14H17F9N4O3.C7H18NO5PSi/c15-12(16,17)9(28)25-3-1-24-2-4-26(10(29)13(18,19)20)6-8-27(7-5-25)11(30)14(21,22)23;1-5-12-14(11,6-8(9)10)7-13-15(2,3)4/h24H,1-8H2;5-7H2,1-4H3. The highest BCUT2D eigenvalue weighted by Crippen LogP contribution is 2.47. The highest BCUT2D eigenvalue weighted by atomic mass is 31.2. The van der Waals surface area contributed by atoms with Gasteiger partial charge in [0.05, 0.1) is 6.61 Å². The predicted octanol–water partition coefficient (Wildman–Crippen LogP) is 3.11. The molecule has 0 aliphatic carbocycles. The van der Waals surface area contributed by atoms with Crippen LogP contribution in [0.15, 0.2) is 0 Å². The van der Waals surface area contributed by atoms with Crippen LogP contribution in [0.25, 0.3) is 0 Å². The molecule has 1 aliphatic rings. The quantitative estimate of drug-likeness (QED) is 0.138. The first-order valence-electron chi connectivity index (χ1n) is 13.0. The lowest BCUT2D eigenvalue weighted by atomic mass is 10.3. The number of nitro groups is 1. The fourth-order valence-corrected chi connectivity index (χ4v) is 6.74. The predicted molar refractivity (Wildman–Crippen MR) is 141 cm³/mol. The third kappa shape index (κ3) is 17.1. The van der Waals surface area contributed by atoms with E-state index in [4.69, 9.17) is 8.95 Å². The van der Waals surface area contributed by atoms with Crippen LogP contribution >= 0.6 is 7.37 Å². The molecule has 0 bridgehead atoms. The van der Waals surface area contributed by atoms with Crippen molar-refractivity contribution in [3.63, 3.8) is 0 Å². The minimum atomic E-state index is -5.46. The summed E-state index contributed by atoms with van der Waals surface area (Å²) < 4.78 is 137. The van der Waals surface area contributed by atoms with Gasteiger partial charge < -0.3 is 29.0 Å². The Bertz CT molecular complexity index is 1020. The molecule has 3 amide bonds. The normalized spacial score (nSPS) is 17.7. The van der Waals surface area contributed by atoms with Crippen LogP contribution in [0.4, 0.5) is 39.5 Å². The summed E-state index contributed by atoms with van der Waals surface area (Å²) in [4.78, 5) is 44.4. The van der Waals surface area contributed by atoms with E-state index in [2.05, 4.69) is 5.32 Å². The Hall–Kier alpha value is -2.49. The van der Waals surface area contributed by atoms with Crippen molar-refractivity contribution in [2.24, 2.45) is 0 Å². The molecule has 1 unspecified atom stereocenters. The molecule has 1 N–H and O–H groups in total. The molecule has 1 saturated heterocycles. The fraction of sp³-hybridized carbons (Fsp3) is 0.857. The summed E-state index contributed by atoms with van der Waals surface area (Å²) in [5.74, 6) is -7.19. The van der Waals surface area contributed by atoms with Gasteiger partial charge in [0.2, 0.25) is 0 Å². The smallest absolute Gasteiger partial charge is 0.408 e. The van der Waals surface area contributed by atoms with Crippen molar-refractivity contribution in [1.82, 2.24) is 20.0 Å². The van der Waals surface area contributed by atoms with Gasteiger partial charge in [0.1, 0.15) is 6.35 Å². The number of hydrogen-bond donors (Lipinski definition) is 1. The van der Waals surface area contributed by atoms with Crippen molar-refractivity contribution < 1.29 is 72.3 Å². The Labute approximate surface area is 253 Å². The van der Waals surface area contributed by atoms with Gasteiger partial charge in [0.15, 0.2) is 8.32 Å². The van der Waals surface area contributed by atoms with Crippen LogP contribution in [0.2, 0.25) is 19.6 Å². The number of carbonyl (C=O) groups excluding carboxylic acids is 3. The van der Waals surface area contributed by atoms with Gasteiger partial charge in [-0.15, -0.1) is 0 Å². The molecule has 0 aromatic carbocycles. The Morgan fingerprint density at radius 3 is 1.38 bits per heavy atom. The molecule has 0 saturated carbocycles. The summed E-state index contributed by atoms with van der Waals surface area (Å²) >= 11 is 0. The Morgan fingerprint density at radius 2 is 1.11 bits per heavy atom. The lowest BCUT2D eigenvalue weighted by molar-refractivity contribution is -0.460. The maximum atomic E-state index is 12.8. The van der Waals surface area contributed by atoms with Crippen LogP contribution in [0.3, 0.4) is 0 Å². The average Bonchev–Trinajstić information content (AvgIpc) is 2.85. The Balaban J connectivity index is 0.00000109. The number of hydrogen-bond acceptors (Lipinski definition) is 9. The van der Waals surface area contributed by atoms with Crippen molar-refractivity contribution in [3.05, 3.63) is 10.1 Å². The van der Waals surface area contributed by atoms with Crippen molar-refractivity contribution in [1.29, 1.82) is 0 Å². The highest BCUT2D eigenvalue weighted by Gasteiger charge is 2.46. The van der Waals surface area contributed by atoms with E-state index in [1.54, 1.807) is 6.92 Å². The van der Waals surface area contributed by atoms with E-state index >= 15 is 0 Å². The molecule has 0 radical (unpaired) electrons. The summed E-state index contributed by atoms with van der Waals surface area (Å²) in [6, 6.07) is 0. The molecule has 264 valence electrons. The summed E-state index contributed by atoms with van der Waals surface area (Å²) in [5.41, 5.74) is 0. The number of nitrogens with zero attached hydrogens (tertiary/aromatic N) is 4. The molecule has 1 aliphatic heterocycles. The topological polar surface area (TPSA) is 152 Å². The van der Waals surface area contributed by atoms with Gasteiger partial charge in [-0.25, -0.2) is 0 Å². The van der Waals surface area contributed by atoms with E-state index in [1.165, 1.54) is 0 Å². The lowest BCUT2D eigenvalue weighted by Crippen LogP contribution is -2.53. The van der Waals surface area contributed by atoms with Crippen LogP contribution in [-0.4, -0.2) is 136 Å². The minimum Gasteiger partial charge on any atom is -0.408 e. The number of nitrogens with one attached hydrogen (secondary N) is 1. The lowest BCUT2D eigenvalue weighted by Gasteiger charge is -2.32. The van der Waals surface area contributed by atoms with E-state index in [9.17, 15) is 68.6 Å². The van der Waals surface area contributed by atoms with Crippen molar-refractivity contribution >= 4 is 33.4 Å². The third-order valence-corrected chi connectivity index (χ3v) is 8.54. The van der Waals surface area contributed by atoms with E-state index in [-0.39, 0.29) is 40.7 Å². The summed E-state index contributed by atoms with van der Waals surface area (Å²) in [6.45, 7) is 1.69. The average molecular weight is 716 g/mol. The van der Waals surface area contributed by atoms with E-state index in [1.807, 2.05) is 19.6 Å². The fourth-order valence-electron chi connectivity index (χ4n) is 3.34. The number of halogens is 9. The maximum Gasteiger partial charge on any atom is 0.471 e. The molecular formula is C21H35F9N5O8PSi. The van der Waals surface area contributed by atoms with Crippen LogP contribution in [0.1, 0.15) is 6.92 Å². The second-order valence-corrected chi connectivity index (χ2v) is 17.2. The van der Waals surface area contributed by atoms with Crippen LogP contribution in [-0.2, 0) is 27.9 Å². The summed E-state index contributed by atoms with van der Waals surface area (Å²) in [6.07, 6.45) is -16.9. The zero-order valence-corrected chi connectivity index (χ0v) is 26.6. The van der Waals surface area contributed by atoms with Gasteiger partial charge in [0, 0.05) is 57.3 Å². The minimum absolute atomic E-state index is 0.0393. The van der Waals surface area contributed by atoms with Crippen molar-refractivity contribution in [3.8, 4) is 0 Å². The van der Waals surface area contributed by atoms with Gasteiger partial charge >= 0.3 is 36.3 Å². The molecule has 0 spiro atoms. The molecule has 24 heteroatoms. The molecule has 1 fully saturated rings. The number of amides is 3. The number of rotatable bonds is 7. The zero-order valence-electron chi connectivity index (χ0n) is 24.7. The van der Waals surface area contributed by atoms with Gasteiger partial charge in [0.25, 0.3) is 13.7 Å². The van der Waals surface area contributed by atoms with E-state index in [0.29, 0.717) is 0 Å².